The molecule has 2 aromatic carbocycles. The van der Waals surface area contributed by atoms with Crippen LogP contribution in [0.5, 0.6) is 11.5 Å². The molecule has 1 unspecified atom stereocenters. The Morgan fingerprint density at radius 2 is 1.56 bits per heavy atom. The maximum Gasteiger partial charge on any atom is 0.410 e. The minimum absolute atomic E-state index is 0.0189. The number of benzene rings is 2. The molecule has 2 amide bonds. The second-order valence-corrected chi connectivity index (χ2v) is 17.8. The van der Waals surface area contributed by atoms with Gasteiger partial charge in [0.05, 0.1) is 11.1 Å². The average Bonchev–Trinajstić information content (AvgIpc) is 3.05. The van der Waals surface area contributed by atoms with Crippen LogP contribution in [0.4, 0.5) is 4.79 Å². The van der Waals surface area contributed by atoms with Crippen molar-refractivity contribution >= 4 is 26.3 Å². The molecule has 1 aliphatic heterocycles. The van der Waals surface area contributed by atoms with E-state index >= 15 is 0 Å². The molecule has 0 aliphatic carbocycles. The number of amides is 2. The SMILES string of the molecule is CC(C)(C)OC(=O)N1CCCC(NC(=O)c2ccccc2O[Si](C)(C)C(C)(C)C)(OC(=O)c2ccc(O)cc2)CC1. The van der Waals surface area contributed by atoms with Gasteiger partial charge < -0.3 is 29.2 Å². The van der Waals surface area contributed by atoms with Crippen molar-refractivity contribution < 1.29 is 33.4 Å². The number of carbonyl (C=O) groups is 3. The van der Waals surface area contributed by atoms with Gasteiger partial charge in [0.2, 0.25) is 0 Å². The largest absolute Gasteiger partial charge is 0.543 e. The minimum atomic E-state index is -2.26. The molecule has 0 radical (unpaired) electrons. The second-order valence-electron chi connectivity index (χ2n) is 13.1. The van der Waals surface area contributed by atoms with Crippen LogP contribution in [0, 0.1) is 0 Å². The quantitative estimate of drug-likeness (QED) is 0.227. The fraction of sp³-hybridized carbons (Fsp3) is 0.516. The number of nitrogens with zero attached hydrogens (tertiary/aromatic N) is 1. The van der Waals surface area contributed by atoms with Gasteiger partial charge in [-0.3, -0.25) is 4.79 Å². The molecule has 9 nitrogen and oxygen atoms in total. The van der Waals surface area contributed by atoms with Crippen LogP contribution in [0.25, 0.3) is 0 Å². The minimum Gasteiger partial charge on any atom is -0.543 e. The molecule has 2 N–H and O–H groups in total. The predicted octanol–water partition coefficient (Wildman–Crippen LogP) is 6.48. The smallest absolute Gasteiger partial charge is 0.410 e. The van der Waals surface area contributed by atoms with E-state index < -0.39 is 37.6 Å². The normalized spacial score (nSPS) is 18.2. The van der Waals surface area contributed by atoms with Crippen molar-refractivity contribution in [2.45, 2.75) is 90.3 Å². The Morgan fingerprint density at radius 3 is 2.17 bits per heavy atom. The second kappa shape index (κ2) is 12.1. The lowest BCUT2D eigenvalue weighted by atomic mass is 10.0. The monoisotopic (exact) mass is 584 g/mol. The lowest BCUT2D eigenvalue weighted by Gasteiger charge is -2.37. The number of phenolic OH excluding ortho intramolecular Hbond substituents is 1. The molecule has 10 heteroatoms. The highest BCUT2D eigenvalue weighted by Crippen LogP contribution is 2.38. The third-order valence-corrected chi connectivity index (χ3v) is 11.8. The van der Waals surface area contributed by atoms with Crippen molar-refractivity contribution in [1.29, 1.82) is 0 Å². The van der Waals surface area contributed by atoms with Crippen molar-refractivity contribution in [2.75, 3.05) is 13.1 Å². The first kappa shape index (κ1) is 32.0. The summed E-state index contributed by atoms with van der Waals surface area (Å²) in [7, 11) is -2.26. The maximum atomic E-state index is 13.8. The summed E-state index contributed by atoms with van der Waals surface area (Å²) < 4.78 is 18.1. The van der Waals surface area contributed by atoms with Gasteiger partial charge in [-0.25, -0.2) is 9.59 Å². The maximum absolute atomic E-state index is 13.8. The van der Waals surface area contributed by atoms with Crippen LogP contribution < -0.4 is 9.74 Å². The number of esters is 1. The number of rotatable bonds is 6. The van der Waals surface area contributed by atoms with E-state index in [2.05, 4.69) is 39.2 Å². The predicted molar refractivity (Wildman–Crippen MR) is 160 cm³/mol. The summed E-state index contributed by atoms with van der Waals surface area (Å²) >= 11 is 0. The Hall–Kier alpha value is -3.53. The Kier molecular flexibility index (Phi) is 9.47. The fourth-order valence-electron chi connectivity index (χ4n) is 4.15. The Labute approximate surface area is 244 Å². The number of hydrogen-bond acceptors (Lipinski definition) is 7. The molecule has 3 rings (SSSR count). The van der Waals surface area contributed by atoms with Crippen LogP contribution >= 0.6 is 0 Å². The van der Waals surface area contributed by atoms with Crippen LogP contribution in [0.15, 0.2) is 48.5 Å². The number of aromatic hydroxyl groups is 1. The molecule has 1 heterocycles. The summed E-state index contributed by atoms with van der Waals surface area (Å²) in [5, 5.41) is 12.6. The first-order valence-corrected chi connectivity index (χ1v) is 16.9. The summed E-state index contributed by atoms with van der Waals surface area (Å²) in [6, 6.07) is 12.8. The van der Waals surface area contributed by atoms with Crippen LogP contribution in [0.1, 0.15) is 81.5 Å². The molecule has 1 atom stereocenters. The van der Waals surface area contributed by atoms with Crippen LogP contribution in [0.2, 0.25) is 18.1 Å². The Bertz CT molecular complexity index is 1250. The third-order valence-electron chi connectivity index (χ3n) is 7.48. The zero-order chi connectivity index (χ0) is 30.6. The molecular weight excluding hydrogens is 540 g/mol. The summed E-state index contributed by atoms with van der Waals surface area (Å²) in [6.45, 7) is 16.6. The van der Waals surface area contributed by atoms with E-state index in [-0.39, 0.29) is 35.7 Å². The van der Waals surface area contributed by atoms with E-state index in [1.807, 2.05) is 6.07 Å². The highest BCUT2D eigenvalue weighted by Gasteiger charge is 2.42. The zero-order valence-corrected chi connectivity index (χ0v) is 26.5. The number of phenols is 1. The van der Waals surface area contributed by atoms with Crippen molar-refractivity contribution in [2.24, 2.45) is 0 Å². The molecule has 0 bridgehead atoms. The molecule has 1 saturated heterocycles. The number of ether oxygens (including phenoxy) is 2. The molecule has 0 saturated carbocycles. The van der Waals surface area contributed by atoms with E-state index in [1.165, 1.54) is 24.3 Å². The number of hydrogen-bond donors (Lipinski definition) is 2. The average molecular weight is 585 g/mol. The van der Waals surface area contributed by atoms with Gasteiger partial charge in [-0.1, -0.05) is 32.9 Å². The van der Waals surface area contributed by atoms with Crippen LogP contribution in [0.3, 0.4) is 0 Å². The van der Waals surface area contributed by atoms with Gasteiger partial charge in [-0.2, -0.15) is 0 Å². The number of para-hydroxylation sites is 1. The van der Waals surface area contributed by atoms with Gasteiger partial charge >= 0.3 is 12.1 Å². The lowest BCUT2D eigenvalue weighted by molar-refractivity contribution is -0.0411. The molecule has 1 aliphatic rings. The topological polar surface area (TPSA) is 114 Å². The standard InChI is InChI=1S/C31H44N2O7Si/c1-29(2,3)39-28(37)33-20-11-18-31(19-21-33,38-27(36)22-14-16-23(34)17-15-22)32-26(35)24-12-9-10-13-25(24)40-41(7,8)30(4,5)6/h9-10,12-17,34H,11,18-21H2,1-8H3,(H,32,35). The number of nitrogens with one attached hydrogen (secondary N) is 1. The molecule has 41 heavy (non-hydrogen) atoms. The van der Waals surface area contributed by atoms with E-state index in [4.69, 9.17) is 13.9 Å². The Balaban J connectivity index is 1.92. The Morgan fingerprint density at radius 1 is 0.927 bits per heavy atom. The first-order chi connectivity index (χ1) is 18.9. The van der Waals surface area contributed by atoms with E-state index in [0.717, 1.165) is 0 Å². The van der Waals surface area contributed by atoms with E-state index in [9.17, 15) is 19.5 Å². The third kappa shape index (κ3) is 8.48. The van der Waals surface area contributed by atoms with Crippen LogP contribution in [-0.2, 0) is 9.47 Å². The van der Waals surface area contributed by atoms with Crippen molar-refractivity contribution in [3.63, 3.8) is 0 Å². The highest BCUT2D eigenvalue weighted by molar-refractivity contribution is 6.74. The van der Waals surface area contributed by atoms with Gasteiger partial charge in [-0.15, -0.1) is 0 Å². The van der Waals surface area contributed by atoms with Crippen molar-refractivity contribution in [1.82, 2.24) is 10.2 Å². The fourth-order valence-corrected chi connectivity index (χ4v) is 5.18. The zero-order valence-electron chi connectivity index (χ0n) is 25.5. The van der Waals surface area contributed by atoms with Gasteiger partial charge in [0, 0.05) is 25.9 Å². The molecule has 224 valence electrons. The van der Waals surface area contributed by atoms with Gasteiger partial charge in [0.1, 0.15) is 17.1 Å². The van der Waals surface area contributed by atoms with Crippen molar-refractivity contribution in [3.05, 3.63) is 59.7 Å². The van der Waals surface area contributed by atoms with Gasteiger partial charge in [0.25, 0.3) is 14.2 Å². The van der Waals surface area contributed by atoms with Crippen LogP contribution in [-0.4, -0.2) is 60.7 Å². The lowest BCUT2D eigenvalue weighted by Crippen LogP contribution is -2.52. The van der Waals surface area contributed by atoms with E-state index in [1.54, 1.807) is 43.9 Å². The van der Waals surface area contributed by atoms with E-state index in [0.29, 0.717) is 24.3 Å². The van der Waals surface area contributed by atoms with Gasteiger partial charge in [-0.05, 0) is 81.7 Å². The molecule has 0 aromatic heterocycles. The number of likely N-dealkylation sites (tertiary alicyclic amines) is 1. The molecule has 0 spiro atoms. The molecule has 1 fully saturated rings. The van der Waals surface area contributed by atoms with Gasteiger partial charge in [0.15, 0.2) is 5.72 Å². The summed E-state index contributed by atoms with van der Waals surface area (Å²) in [6.07, 6.45) is 0.447. The van der Waals surface area contributed by atoms with Crippen molar-refractivity contribution in [3.8, 4) is 11.5 Å². The highest BCUT2D eigenvalue weighted by atomic mass is 28.4. The molecular formula is C31H44N2O7Si. The summed E-state index contributed by atoms with van der Waals surface area (Å²) in [5.74, 6) is -0.601. The first-order valence-electron chi connectivity index (χ1n) is 14.0. The molecule has 2 aromatic rings. The number of carbonyl (C=O) groups excluding carboxylic acids is 3. The summed E-state index contributed by atoms with van der Waals surface area (Å²) in [4.78, 5) is 41.5. The summed E-state index contributed by atoms with van der Waals surface area (Å²) in [5.41, 5.74) is -1.49.